The van der Waals surface area contributed by atoms with Gasteiger partial charge in [-0.1, -0.05) is 12.1 Å². The summed E-state index contributed by atoms with van der Waals surface area (Å²) in [6.45, 7) is 0.125. The third kappa shape index (κ3) is 3.93. The summed E-state index contributed by atoms with van der Waals surface area (Å²) in [6, 6.07) is 9.44. The second-order valence-electron chi connectivity index (χ2n) is 5.89. The van der Waals surface area contributed by atoms with Gasteiger partial charge in [0.15, 0.2) is 28.8 Å². The Morgan fingerprint density at radius 3 is 2.79 bits per heavy atom. The molecule has 0 bridgehead atoms. The van der Waals surface area contributed by atoms with Crippen LogP contribution >= 0.6 is 0 Å². The summed E-state index contributed by atoms with van der Waals surface area (Å²) in [4.78, 5) is 15.9. The van der Waals surface area contributed by atoms with Crippen LogP contribution in [-0.4, -0.2) is 27.7 Å². The molecule has 4 rings (SSSR count). The first kappa shape index (κ1) is 18.6. The SMILES string of the molecule is O=C(NCc1ccc2c(c1)OCO2)Oc1cnn(-c2ccccn2)c1C(F)(F)F. The normalized spacial score (nSPS) is 12.7. The molecular formula is C18H13F3N4O4. The van der Waals surface area contributed by atoms with Gasteiger partial charge in [-0.3, -0.25) is 0 Å². The van der Waals surface area contributed by atoms with Crippen LogP contribution in [-0.2, 0) is 12.7 Å². The Morgan fingerprint density at radius 1 is 1.21 bits per heavy atom. The van der Waals surface area contributed by atoms with Gasteiger partial charge in [-0.15, -0.1) is 0 Å². The minimum absolute atomic E-state index is 0.0191. The van der Waals surface area contributed by atoms with Crippen molar-refractivity contribution in [1.82, 2.24) is 20.1 Å². The van der Waals surface area contributed by atoms with Crippen LogP contribution in [0.5, 0.6) is 17.2 Å². The van der Waals surface area contributed by atoms with Gasteiger partial charge in [0.05, 0.1) is 6.20 Å². The van der Waals surface area contributed by atoms with Crippen LogP contribution in [0.3, 0.4) is 0 Å². The number of hydrogen-bond donors (Lipinski definition) is 1. The first-order chi connectivity index (χ1) is 13.9. The number of alkyl halides is 3. The van der Waals surface area contributed by atoms with Crippen LogP contribution in [0.2, 0.25) is 0 Å². The van der Waals surface area contributed by atoms with Crippen LogP contribution in [0.4, 0.5) is 18.0 Å². The Kier molecular flexibility index (Phi) is 4.71. The van der Waals surface area contributed by atoms with Crippen molar-refractivity contribution >= 4 is 6.09 Å². The van der Waals surface area contributed by atoms with E-state index in [2.05, 4.69) is 15.4 Å². The second kappa shape index (κ2) is 7.34. The van der Waals surface area contributed by atoms with E-state index in [9.17, 15) is 18.0 Å². The molecule has 1 aromatic carbocycles. The number of nitrogens with zero attached hydrogens (tertiary/aromatic N) is 3. The fourth-order valence-corrected chi connectivity index (χ4v) is 2.68. The smallest absolute Gasteiger partial charge is 0.437 e. The Bertz CT molecular complexity index is 1040. The highest BCUT2D eigenvalue weighted by Gasteiger charge is 2.40. The topological polar surface area (TPSA) is 87.5 Å². The maximum atomic E-state index is 13.5. The molecule has 0 atom stereocenters. The number of ether oxygens (including phenoxy) is 3. The molecule has 1 N–H and O–H groups in total. The van der Waals surface area contributed by atoms with Crippen molar-refractivity contribution in [1.29, 1.82) is 0 Å². The van der Waals surface area contributed by atoms with Crippen molar-refractivity contribution in [3.63, 3.8) is 0 Å². The molecule has 0 unspecified atom stereocenters. The largest absolute Gasteiger partial charge is 0.454 e. The summed E-state index contributed by atoms with van der Waals surface area (Å²) in [5, 5.41) is 6.05. The van der Waals surface area contributed by atoms with E-state index >= 15 is 0 Å². The molecular weight excluding hydrogens is 393 g/mol. The summed E-state index contributed by atoms with van der Waals surface area (Å²) in [5.41, 5.74) is -0.583. The van der Waals surface area contributed by atoms with Crippen molar-refractivity contribution in [2.24, 2.45) is 0 Å². The maximum absolute atomic E-state index is 13.5. The van der Waals surface area contributed by atoms with Gasteiger partial charge in [-0.2, -0.15) is 18.3 Å². The van der Waals surface area contributed by atoms with Crippen LogP contribution < -0.4 is 19.5 Å². The molecule has 0 saturated heterocycles. The van der Waals surface area contributed by atoms with E-state index in [1.54, 1.807) is 24.3 Å². The number of rotatable bonds is 4. The number of aromatic nitrogens is 3. The molecule has 0 radical (unpaired) electrons. The van der Waals surface area contributed by atoms with Crippen molar-refractivity contribution in [3.8, 4) is 23.1 Å². The van der Waals surface area contributed by atoms with Crippen molar-refractivity contribution < 1.29 is 32.2 Å². The molecule has 1 aliphatic rings. The van der Waals surface area contributed by atoms with E-state index in [-0.39, 0.29) is 19.2 Å². The fourth-order valence-electron chi connectivity index (χ4n) is 2.68. The number of hydrogen-bond acceptors (Lipinski definition) is 6. The highest BCUT2D eigenvalue weighted by molar-refractivity contribution is 5.70. The maximum Gasteiger partial charge on any atom is 0.437 e. The van der Waals surface area contributed by atoms with Gasteiger partial charge in [0.2, 0.25) is 6.79 Å². The van der Waals surface area contributed by atoms with Gasteiger partial charge in [-0.05, 0) is 29.8 Å². The number of carbonyl (C=O) groups excluding carboxylic acids is 1. The number of carbonyl (C=O) groups is 1. The van der Waals surface area contributed by atoms with Gasteiger partial charge in [0.1, 0.15) is 0 Å². The van der Waals surface area contributed by atoms with E-state index in [0.717, 1.165) is 6.20 Å². The lowest BCUT2D eigenvalue weighted by atomic mass is 10.2. The van der Waals surface area contributed by atoms with Gasteiger partial charge in [-0.25, -0.2) is 14.5 Å². The lowest BCUT2D eigenvalue weighted by Crippen LogP contribution is -2.27. The number of halogens is 3. The third-order valence-corrected chi connectivity index (χ3v) is 3.95. The fraction of sp³-hybridized carbons (Fsp3) is 0.167. The van der Waals surface area contributed by atoms with Crippen molar-refractivity contribution in [2.75, 3.05) is 6.79 Å². The molecule has 0 aliphatic carbocycles. The van der Waals surface area contributed by atoms with Crippen molar-refractivity contribution in [2.45, 2.75) is 12.7 Å². The first-order valence-corrected chi connectivity index (χ1v) is 8.32. The summed E-state index contributed by atoms with van der Waals surface area (Å²) >= 11 is 0. The molecule has 0 fully saturated rings. The number of fused-ring (bicyclic) bond motifs is 1. The molecule has 11 heteroatoms. The zero-order valence-electron chi connectivity index (χ0n) is 14.6. The predicted molar refractivity (Wildman–Crippen MR) is 91.8 cm³/mol. The molecule has 2 aromatic heterocycles. The van der Waals surface area contributed by atoms with E-state index in [4.69, 9.17) is 14.2 Å². The highest BCUT2D eigenvalue weighted by Crippen LogP contribution is 2.37. The summed E-state index contributed by atoms with van der Waals surface area (Å²) in [5.74, 6) is 0.309. The van der Waals surface area contributed by atoms with Crippen LogP contribution in [0.25, 0.3) is 5.82 Å². The van der Waals surface area contributed by atoms with E-state index in [0.29, 0.717) is 21.7 Å². The van der Waals surface area contributed by atoms with Crippen LogP contribution in [0.15, 0.2) is 48.8 Å². The minimum Gasteiger partial charge on any atom is -0.454 e. The molecule has 1 amide bonds. The molecule has 0 saturated carbocycles. The van der Waals surface area contributed by atoms with E-state index in [1.165, 1.54) is 18.3 Å². The summed E-state index contributed by atoms with van der Waals surface area (Å²) in [7, 11) is 0. The molecule has 150 valence electrons. The zero-order chi connectivity index (χ0) is 20.4. The number of benzene rings is 1. The quantitative estimate of drug-likeness (QED) is 0.716. The molecule has 8 nitrogen and oxygen atoms in total. The summed E-state index contributed by atoms with van der Waals surface area (Å²) < 4.78 is 56.4. The number of amides is 1. The van der Waals surface area contributed by atoms with Crippen molar-refractivity contribution in [3.05, 3.63) is 60.0 Å². The predicted octanol–water partition coefficient (Wildman–Crippen LogP) is 3.30. The third-order valence-electron chi connectivity index (χ3n) is 3.95. The average molecular weight is 406 g/mol. The van der Waals surface area contributed by atoms with Gasteiger partial charge in [0.25, 0.3) is 0 Å². The van der Waals surface area contributed by atoms with E-state index in [1.807, 2.05) is 0 Å². The van der Waals surface area contributed by atoms with Crippen LogP contribution in [0, 0.1) is 0 Å². The van der Waals surface area contributed by atoms with Gasteiger partial charge in [0, 0.05) is 12.7 Å². The Labute approximate surface area is 161 Å². The summed E-state index contributed by atoms with van der Waals surface area (Å²) in [6.07, 6.45) is -3.73. The lowest BCUT2D eigenvalue weighted by Gasteiger charge is -2.12. The Morgan fingerprint density at radius 2 is 2.03 bits per heavy atom. The lowest BCUT2D eigenvalue weighted by molar-refractivity contribution is -0.143. The monoisotopic (exact) mass is 406 g/mol. The Balaban J connectivity index is 1.49. The molecule has 29 heavy (non-hydrogen) atoms. The molecule has 1 aliphatic heterocycles. The van der Waals surface area contributed by atoms with Gasteiger partial charge >= 0.3 is 12.3 Å². The number of pyridine rings is 1. The number of nitrogens with one attached hydrogen (secondary N) is 1. The average Bonchev–Trinajstić information content (AvgIpc) is 3.33. The van der Waals surface area contributed by atoms with Gasteiger partial charge < -0.3 is 19.5 Å². The van der Waals surface area contributed by atoms with Crippen LogP contribution in [0.1, 0.15) is 11.3 Å². The Hall–Kier alpha value is -3.76. The minimum atomic E-state index is -4.82. The van der Waals surface area contributed by atoms with E-state index < -0.39 is 23.7 Å². The second-order valence-corrected chi connectivity index (χ2v) is 5.89. The first-order valence-electron chi connectivity index (χ1n) is 8.32. The molecule has 0 spiro atoms. The zero-order valence-corrected chi connectivity index (χ0v) is 14.6. The molecule has 3 aromatic rings. The molecule has 3 heterocycles. The highest BCUT2D eigenvalue weighted by atomic mass is 19.4. The standard InChI is InChI=1S/C18H13F3N4O4/c19-18(20,21)16-14(9-24-25(16)15-3-1-2-6-22-15)29-17(26)23-8-11-4-5-12-13(7-11)28-10-27-12/h1-7,9H,8,10H2,(H,23,26).